The maximum absolute atomic E-state index is 11.5. The average molecular weight is 388 g/mol. The lowest BCUT2D eigenvalue weighted by molar-refractivity contribution is -0.0920. The summed E-state index contributed by atoms with van der Waals surface area (Å²) >= 11 is 0. The molecule has 1 aromatic rings. The minimum atomic E-state index is -0.624. The Hall–Kier alpha value is -0.920. The molecule has 1 N–H and O–H groups in total. The molecule has 2 saturated carbocycles. The van der Waals surface area contributed by atoms with E-state index in [0.29, 0.717) is 12.5 Å². The van der Waals surface area contributed by atoms with Gasteiger partial charge in [0, 0.05) is 12.5 Å². The summed E-state index contributed by atoms with van der Waals surface area (Å²) in [6.45, 7) is 7.13. The lowest BCUT2D eigenvalue weighted by Gasteiger charge is -2.53. The number of rotatable bonds is 3. The first-order valence-electron chi connectivity index (χ1n) is 10.7. The minimum absolute atomic E-state index is 0.0108. The van der Waals surface area contributed by atoms with Gasteiger partial charge >= 0.3 is 0 Å². The average Bonchev–Trinajstić information content (AvgIpc) is 3.54. The van der Waals surface area contributed by atoms with Crippen molar-refractivity contribution in [3.63, 3.8) is 0 Å². The van der Waals surface area contributed by atoms with Crippen LogP contribution in [0.15, 0.2) is 10.7 Å². The second-order valence-electron chi connectivity index (χ2n) is 10.4. The van der Waals surface area contributed by atoms with Gasteiger partial charge < -0.3 is 28.5 Å². The monoisotopic (exact) mass is 388 g/mol. The molecule has 0 aromatic carbocycles. The Morgan fingerprint density at radius 1 is 1.25 bits per heavy atom. The zero-order valence-electron chi connectivity index (χ0n) is 16.9. The molecule has 7 rings (SSSR count). The van der Waals surface area contributed by atoms with E-state index < -0.39 is 22.9 Å². The van der Waals surface area contributed by atoms with Crippen molar-refractivity contribution in [2.45, 2.75) is 93.8 Å². The van der Waals surface area contributed by atoms with E-state index >= 15 is 0 Å². The first-order chi connectivity index (χ1) is 13.4. The van der Waals surface area contributed by atoms with Gasteiger partial charge in [0.25, 0.3) is 0 Å². The normalized spacial score (nSPS) is 56.7. The molecule has 6 aliphatic rings. The molecular weight excluding hydrogens is 360 g/mol. The number of furan rings is 1. The molecule has 0 amide bonds. The topological polar surface area (TPSA) is 80.2 Å². The van der Waals surface area contributed by atoms with E-state index in [0.717, 1.165) is 25.0 Å². The first-order valence-corrected chi connectivity index (χ1v) is 10.7. The molecule has 6 nitrogen and oxygen atoms in total. The Bertz CT molecular complexity index is 894. The van der Waals surface area contributed by atoms with Crippen molar-refractivity contribution >= 4 is 0 Å². The van der Waals surface area contributed by atoms with Gasteiger partial charge in [0.1, 0.15) is 41.9 Å². The molecular formula is C22H28O6. The molecule has 152 valence electrons. The van der Waals surface area contributed by atoms with E-state index in [1.165, 1.54) is 11.1 Å². The summed E-state index contributed by atoms with van der Waals surface area (Å²) in [6.07, 6.45) is 4.21. The zero-order chi connectivity index (χ0) is 19.3. The highest BCUT2D eigenvalue weighted by Gasteiger charge is 3.00. The van der Waals surface area contributed by atoms with E-state index in [1.54, 1.807) is 7.11 Å². The Morgan fingerprint density at radius 2 is 2.07 bits per heavy atom. The third-order valence-corrected chi connectivity index (χ3v) is 9.35. The van der Waals surface area contributed by atoms with Crippen molar-refractivity contribution in [2.24, 2.45) is 11.3 Å². The Labute approximate surface area is 164 Å². The van der Waals surface area contributed by atoms with Crippen LogP contribution in [0.1, 0.15) is 56.4 Å². The summed E-state index contributed by atoms with van der Waals surface area (Å²) in [5, 5.41) is 11.5. The second kappa shape index (κ2) is 4.54. The smallest absolute Gasteiger partial charge is 0.155 e. The quantitative estimate of drug-likeness (QED) is 0.801. The first kappa shape index (κ1) is 16.8. The van der Waals surface area contributed by atoms with Crippen molar-refractivity contribution in [3.05, 3.63) is 23.2 Å². The van der Waals surface area contributed by atoms with Gasteiger partial charge in [-0.25, -0.2) is 0 Å². The van der Waals surface area contributed by atoms with E-state index in [2.05, 4.69) is 20.8 Å². The summed E-state index contributed by atoms with van der Waals surface area (Å²) in [4.78, 5) is 0. The molecule has 6 heteroatoms. The van der Waals surface area contributed by atoms with Crippen molar-refractivity contribution in [1.82, 2.24) is 0 Å². The Morgan fingerprint density at radius 3 is 2.82 bits per heavy atom. The van der Waals surface area contributed by atoms with E-state index in [1.807, 2.05) is 6.26 Å². The number of hydrogen-bond acceptors (Lipinski definition) is 6. The highest BCUT2D eigenvalue weighted by atomic mass is 16.7. The fourth-order valence-corrected chi connectivity index (χ4v) is 7.89. The molecule has 0 radical (unpaired) electrons. The highest BCUT2D eigenvalue weighted by molar-refractivity contribution is 5.51. The number of fused-ring (bicyclic) bond motifs is 5. The molecule has 2 spiro atoms. The Balaban J connectivity index is 1.35. The van der Waals surface area contributed by atoms with Crippen LogP contribution in [-0.4, -0.2) is 53.4 Å². The summed E-state index contributed by atoms with van der Waals surface area (Å²) < 4.78 is 30.4. The van der Waals surface area contributed by atoms with Crippen LogP contribution in [0.2, 0.25) is 0 Å². The summed E-state index contributed by atoms with van der Waals surface area (Å²) in [7, 11) is 1.70. The van der Waals surface area contributed by atoms with Crippen molar-refractivity contribution in [1.29, 1.82) is 0 Å². The van der Waals surface area contributed by atoms with Crippen LogP contribution in [0.4, 0.5) is 0 Å². The van der Waals surface area contributed by atoms with Crippen LogP contribution >= 0.6 is 0 Å². The number of hydrogen-bond donors (Lipinski definition) is 1. The molecule has 0 unspecified atom stereocenters. The van der Waals surface area contributed by atoms with Gasteiger partial charge in [-0.2, -0.15) is 0 Å². The van der Waals surface area contributed by atoms with Crippen LogP contribution in [0, 0.1) is 11.3 Å². The van der Waals surface area contributed by atoms with Gasteiger partial charge in [0.2, 0.25) is 0 Å². The maximum Gasteiger partial charge on any atom is 0.155 e. The lowest BCUT2D eigenvalue weighted by atomic mass is 9.47. The molecule has 28 heavy (non-hydrogen) atoms. The maximum atomic E-state index is 11.5. The molecule has 5 fully saturated rings. The van der Waals surface area contributed by atoms with Gasteiger partial charge in [-0.05, 0) is 42.2 Å². The molecule has 9 atom stereocenters. The van der Waals surface area contributed by atoms with Crippen molar-refractivity contribution in [2.75, 3.05) is 7.11 Å². The van der Waals surface area contributed by atoms with Gasteiger partial charge in [-0.3, -0.25) is 0 Å². The molecule has 4 heterocycles. The molecule has 0 bridgehead atoms. The number of aliphatic hydroxyl groups is 1. The molecule has 1 aromatic heterocycles. The van der Waals surface area contributed by atoms with Gasteiger partial charge in [-0.15, -0.1) is 0 Å². The van der Waals surface area contributed by atoms with Gasteiger partial charge in [0.15, 0.2) is 5.60 Å². The van der Waals surface area contributed by atoms with Gasteiger partial charge in [-0.1, -0.05) is 20.8 Å². The van der Waals surface area contributed by atoms with Crippen LogP contribution in [-0.2, 0) is 32.0 Å². The van der Waals surface area contributed by atoms with E-state index in [-0.39, 0.29) is 29.6 Å². The predicted octanol–water partition coefficient (Wildman–Crippen LogP) is 2.31. The van der Waals surface area contributed by atoms with Crippen molar-refractivity contribution in [3.8, 4) is 0 Å². The highest BCUT2D eigenvalue weighted by Crippen LogP contribution is 2.83. The SMILES string of the molecule is COCc1occ2c1CC[C@@]1(C)[C@H]2C[C@@H]2O[C@@]23[C@H](O)[C@@]2(C(C)C)O[C@H]2[C@@H]2O[C@@]231. The predicted molar refractivity (Wildman–Crippen MR) is 96.9 cm³/mol. The standard InChI is InChI=1S/C22H28O6/c1-10(2)20-16(27-20)17-22(28-17)19(3)6-5-11-12(8-25-14(11)9-24-4)13(19)7-15-21(22,26-15)18(20)23/h8,10,13,15-18,23H,5-7,9H2,1-4H3/t13-,15-,16-,17-,18+,19-,20-,21+,22+/m0/s1. The van der Waals surface area contributed by atoms with Crippen LogP contribution in [0.25, 0.3) is 0 Å². The largest absolute Gasteiger partial charge is 0.466 e. The number of ether oxygens (including phenoxy) is 4. The van der Waals surface area contributed by atoms with Crippen molar-refractivity contribution < 1.29 is 28.5 Å². The number of aliphatic hydroxyl groups excluding tert-OH is 1. The number of epoxide rings is 3. The van der Waals surface area contributed by atoms with Gasteiger partial charge in [0.05, 0.1) is 12.4 Å². The number of methoxy groups -OCH3 is 1. The van der Waals surface area contributed by atoms with Crippen LogP contribution < -0.4 is 0 Å². The summed E-state index contributed by atoms with van der Waals surface area (Å²) in [5.74, 6) is 1.50. The summed E-state index contributed by atoms with van der Waals surface area (Å²) in [6, 6.07) is 0. The fourth-order valence-electron chi connectivity index (χ4n) is 7.89. The molecule has 3 saturated heterocycles. The fraction of sp³-hybridized carbons (Fsp3) is 0.818. The zero-order valence-corrected chi connectivity index (χ0v) is 16.9. The molecule has 3 aliphatic heterocycles. The van der Waals surface area contributed by atoms with E-state index in [4.69, 9.17) is 23.4 Å². The van der Waals surface area contributed by atoms with E-state index in [9.17, 15) is 5.11 Å². The third-order valence-electron chi connectivity index (χ3n) is 9.35. The van der Waals surface area contributed by atoms with Crippen LogP contribution in [0.3, 0.4) is 0 Å². The second-order valence-corrected chi connectivity index (χ2v) is 10.4. The Kier molecular flexibility index (Phi) is 2.73. The minimum Gasteiger partial charge on any atom is -0.466 e. The summed E-state index contributed by atoms with van der Waals surface area (Å²) in [5.41, 5.74) is 0.966. The van der Waals surface area contributed by atoms with Crippen LogP contribution in [0.5, 0.6) is 0 Å². The lowest BCUT2D eigenvalue weighted by Crippen LogP contribution is -2.68. The third kappa shape index (κ3) is 1.40. The molecule has 3 aliphatic carbocycles.